The molecule has 8 nitrogen and oxygen atoms in total. The molecule has 6 aromatic heterocycles. The fraction of sp³-hybridized carbons (Fsp3) is 0.360. The van der Waals surface area contributed by atoms with Gasteiger partial charge in [-0.25, -0.2) is 58.3 Å². The predicted molar refractivity (Wildman–Crippen MR) is 549 cm³/mol. The second kappa shape index (κ2) is 85.5. The van der Waals surface area contributed by atoms with E-state index >= 15 is 0 Å². The third kappa shape index (κ3) is 58.1. The molecular formula is C114H159N7OSY3-6. The van der Waals surface area contributed by atoms with Gasteiger partial charge in [-0.15, -0.1) is 69.0 Å². The van der Waals surface area contributed by atoms with Crippen molar-refractivity contribution < 1.29 is 103 Å². The normalized spacial score (nSPS) is 8.64. The third-order valence-corrected chi connectivity index (χ3v) is 16.3. The van der Waals surface area contributed by atoms with E-state index in [4.69, 9.17) is 4.42 Å². The van der Waals surface area contributed by atoms with Gasteiger partial charge in [0.15, 0.2) is 0 Å². The first-order chi connectivity index (χ1) is 59.3. The number of hydrogen-bond donors (Lipinski definition) is 0. The summed E-state index contributed by atoms with van der Waals surface area (Å²) < 4.78 is 5.08. The summed E-state index contributed by atoms with van der Waals surface area (Å²) in [5.74, 6) is 5.18. The molecule has 0 amide bonds. The minimum Gasteiger partial charge on any atom is -0.467 e. The minimum atomic E-state index is 0. The molecule has 0 saturated carbocycles. The van der Waals surface area contributed by atoms with Gasteiger partial charge in [0.25, 0.3) is 0 Å². The SMILES string of the molecule is CC.CC.CC.CC.CC.CC.CC.CC.CC.CC.CC.Cc1[c-]c(-c2[c-]c(C)ccc2)ccc1.Cc1c[c-]c(-c2[c-]cc(C)cc2)cc1.Cc1cc(C)c2ccccc2n1.Cc1cc2ccccc2c(C)n1.Cc1cc[c-]c(-c2[c-]ccc(C)c2)c1.Cc1ccc(C)o1.Cc1ccc(C)s1.Cc1nc(C)c2ccccc2n1.Cc1nc(C)nc(C)n1.[Y].[Y].[Y]. The molecule has 6 heterocycles. The number of pyridine rings is 2. The van der Waals surface area contributed by atoms with E-state index in [1.165, 1.54) is 53.7 Å². The quantitative estimate of drug-likeness (QED) is 0.161. The number of nitrogens with zero attached hydrogens (tertiary/aromatic N) is 7. The van der Waals surface area contributed by atoms with Gasteiger partial charge in [-0.1, -0.05) is 255 Å². The van der Waals surface area contributed by atoms with E-state index in [1.807, 2.05) is 305 Å². The first-order valence-corrected chi connectivity index (χ1v) is 45.7. The van der Waals surface area contributed by atoms with Crippen molar-refractivity contribution in [2.75, 3.05) is 0 Å². The van der Waals surface area contributed by atoms with Gasteiger partial charge >= 0.3 is 0 Å². The topological polar surface area (TPSA) is 103 Å². The monoisotopic (exact) mass is 1940 g/mol. The van der Waals surface area contributed by atoms with E-state index in [0.29, 0.717) is 0 Å². The van der Waals surface area contributed by atoms with E-state index in [2.05, 4.69) is 280 Å². The van der Waals surface area contributed by atoms with Crippen LogP contribution in [-0.4, -0.2) is 34.9 Å². The van der Waals surface area contributed by atoms with E-state index < -0.39 is 0 Å². The maximum Gasteiger partial charge on any atom is 0.129 e. The molecule has 0 atom stereocenters. The van der Waals surface area contributed by atoms with Crippen LogP contribution in [0.1, 0.15) is 259 Å². The second-order valence-corrected chi connectivity index (χ2v) is 26.4. The Morgan fingerprint density at radius 1 is 0.254 bits per heavy atom. The Balaban J connectivity index is -0.000000202. The number of aryl methyl sites for hydroxylation is 19. The van der Waals surface area contributed by atoms with Crippen LogP contribution in [0.3, 0.4) is 0 Å². The first-order valence-electron chi connectivity index (χ1n) is 44.8. The van der Waals surface area contributed by atoms with Crippen LogP contribution in [0.5, 0.6) is 0 Å². The van der Waals surface area contributed by atoms with Gasteiger partial charge in [0, 0.05) is 147 Å². The molecule has 0 aliphatic carbocycles. The average molecular weight is 1940 g/mol. The zero-order valence-electron chi connectivity index (χ0n) is 86.0. The van der Waals surface area contributed by atoms with Gasteiger partial charge in [-0.3, -0.25) is 9.97 Å². The molecule has 0 saturated heterocycles. The standard InChI is InChI=1S/3C14H12.2C11H11N.C10H10N2.C6H9N3.C6H8O.C6H8S.11C2H6.3Y/c1-11-3-7-13(8-4-11)14-9-5-12(2)6-10-14;2*1-11-5-3-7-13(9-11)14-8-4-6-12(2)10-14;1-8-7-10-5-3-4-6-11(10)9(2)12-8;1-8-7-9(2)12-11-6-4-3-5-10(8)11;1-7-9-5-3-4-6-10(9)12-8(2)11-7;1-4-7-5(2)9-6(3)8-4;2*1-5-3-4-6(2)7-5;11*1-2;;;/h3-7,9H,1-2H3;3-6,9-10H,1-2H3;3-8H,1-2H3;2*3-7H,1-2H3;3-6H,1-2H3;1-3H3;2*3-4H,1-2H3;11*1-2H3;;;/q3*-2;;;;;;;;;;;;;;;;;;;;. The number of benzene rings is 9. The molecule has 0 spiro atoms. The molecule has 15 aromatic rings. The van der Waals surface area contributed by atoms with Crippen molar-refractivity contribution in [3.05, 3.63) is 361 Å². The van der Waals surface area contributed by atoms with Crippen molar-refractivity contribution in [2.45, 2.75) is 284 Å². The molecule has 12 heteroatoms. The molecule has 9 aromatic carbocycles. The largest absolute Gasteiger partial charge is 0.467 e. The summed E-state index contributed by atoms with van der Waals surface area (Å²) in [6, 6.07) is 93.6. The number of aromatic nitrogens is 7. The summed E-state index contributed by atoms with van der Waals surface area (Å²) >= 11 is 1.84. The Hall–Kier alpha value is -7.56. The van der Waals surface area contributed by atoms with E-state index in [9.17, 15) is 0 Å². The Labute approximate surface area is 850 Å². The summed E-state index contributed by atoms with van der Waals surface area (Å²) in [6.45, 7) is 82.3. The van der Waals surface area contributed by atoms with Crippen molar-refractivity contribution in [2.24, 2.45) is 0 Å². The average Bonchev–Trinajstić information content (AvgIpc) is 1.70. The van der Waals surface area contributed by atoms with Crippen LogP contribution >= 0.6 is 11.3 Å². The summed E-state index contributed by atoms with van der Waals surface area (Å²) in [4.78, 5) is 32.3. The van der Waals surface area contributed by atoms with Crippen LogP contribution in [-0.2, 0) is 98.1 Å². The van der Waals surface area contributed by atoms with Gasteiger partial charge < -0.3 is 4.42 Å². The van der Waals surface area contributed by atoms with Gasteiger partial charge in [0.05, 0.1) is 11.0 Å². The van der Waals surface area contributed by atoms with Gasteiger partial charge in [0.2, 0.25) is 0 Å². The third-order valence-electron chi connectivity index (χ3n) is 15.3. The molecule has 0 unspecified atom stereocenters. The molecule has 0 aliphatic rings. The van der Waals surface area contributed by atoms with Crippen LogP contribution < -0.4 is 0 Å². The van der Waals surface area contributed by atoms with E-state index in [0.717, 1.165) is 119 Å². The van der Waals surface area contributed by atoms with Gasteiger partial charge in [-0.2, -0.15) is 121 Å². The zero-order valence-corrected chi connectivity index (χ0v) is 95.3. The van der Waals surface area contributed by atoms with Crippen LogP contribution in [0.4, 0.5) is 0 Å². The molecular weight excluding hydrogens is 1780 g/mol. The summed E-state index contributed by atoms with van der Waals surface area (Å²) in [6.07, 6.45) is 0. The van der Waals surface area contributed by atoms with E-state index in [-0.39, 0.29) is 98.1 Å². The summed E-state index contributed by atoms with van der Waals surface area (Å²) in [5.41, 5.74) is 21.8. The minimum absolute atomic E-state index is 0. The van der Waals surface area contributed by atoms with Gasteiger partial charge in [0.1, 0.15) is 34.8 Å². The Bertz CT molecular complexity index is 4550. The molecule has 126 heavy (non-hydrogen) atoms. The van der Waals surface area contributed by atoms with Crippen molar-refractivity contribution in [1.82, 2.24) is 34.9 Å². The number of furan rings is 1. The van der Waals surface area contributed by atoms with Crippen LogP contribution in [0.25, 0.3) is 66.0 Å². The molecule has 677 valence electrons. The number of rotatable bonds is 3. The zero-order chi connectivity index (χ0) is 95.0. The Morgan fingerprint density at radius 3 is 0.952 bits per heavy atom. The van der Waals surface area contributed by atoms with Crippen LogP contribution in [0.15, 0.2) is 223 Å². The van der Waals surface area contributed by atoms with Crippen molar-refractivity contribution in [1.29, 1.82) is 0 Å². The van der Waals surface area contributed by atoms with Gasteiger partial charge in [-0.05, 0) is 149 Å². The number of thiophene rings is 1. The molecule has 0 aliphatic heterocycles. The fourth-order valence-corrected chi connectivity index (χ4v) is 11.4. The fourth-order valence-electron chi connectivity index (χ4n) is 10.6. The maximum absolute atomic E-state index is 5.08. The Kier molecular flexibility index (Phi) is 90.9. The van der Waals surface area contributed by atoms with Crippen molar-refractivity contribution in [3.63, 3.8) is 0 Å². The number of fused-ring (bicyclic) bond motifs is 3. The smallest absolute Gasteiger partial charge is 0.129 e. The summed E-state index contributed by atoms with van der Waals surface area (Å²) in [5, 5.41) is 4.93. The molecule has 0 bridgehead atoms. The first kappa shape index (κ1) is 134. The van der Waals surface area contributed by atoms with Crippen LogP contribution in [0.2, 0.25) is 0 Å². The molecule has 3 radical (unpaired) electrons. The van der Waals surface area contributed by atoms with E-state index in [1.54, 1.807) is 0 Å². The predicted octanol–water partition coefficient (Wildman–Crippen LogP) is 35.0. The number of para-hydroxylation sites is 2. The van der Waals surface area contributed by atoms with Crippen molar-refractivity contribution in [3.8, 4) is 33.4 Å². The summed E-state index contributed by atoms with van der Waals surface area (Å²) in [7, 11) is 0. The molecule has 15 rings (SSSR count). The Morgan fingerprint density at radius 2 is 0.603 bits per heavy atom. The number of hydrogen-bond acceptors (Lipinski definition) is 9. The van der Waals surface area contributed by atoms with Crippen molar-refractivity contribution >= 4 is 43.9 Å². The van der Waals surface area contributed by atoms with Crippen LogP contribution in [0, 0.1) is 168 Å². The maximum atomic E-state index is 5.08. The molecule has 0 N–H and O–H groups in total. The second-order valence-electron chi connectivity index (χ2n) is 24.9. The molecule has 0 fully saturated rings.